The Labute approximate surface area is 195 Å². The normalized spacial score (nSPS) is 14.9. The lowest BCUT2D eigenvalue weighted by Gasteiger charge is -2.22. The first-order chi connectivity index (χ1) is 14.1. The topological polar surface area (TPSA) is 59.9 Å². The summed E-state index contributed by atoms with van der Waals surface area (Å²) in [5.41, 5.74) is 3.64. The molecule has 1 unspecified atom stereocenters. The van der Waals surface area contributed by atoms with Gasteiger partial charge in [0.05, 0.1) is 19.2 Å². The van der Waals surface area contributed by atoms with Crippen LogP contribution in [0.5, 0.6) is 0 Å². The van der Waals surface area contributed by atoms with E-state index in [9.17, 15) is 9.50 Å². The lowest BCUT2D eigenvalue weighted by molar-refractivity contribution is 0.275. The highest BCUT2D eigenvalue weighted by atomic mass is 127. The Balaban J connectivity index is 0.00000320. The predicted molar refractivity (Wildman–Crippen MR) is 132 cm³/mol. The van der Waals surface area contributed by atoms with Gasteiger partial charge in [-0.05, 0) is 62.1 Å². The second kappa shape index (κ2) is 12.1. The van der Waals surface area contributed by atoms with Gasteiger partial charge in [-0.25, -0.2) is 9.38 Å². The average molecular weight is 526 g/mol. The molecule has 0 bridgehead atoms. The highest BCUT2D eigenvalue weighted by molar-refractivity contribution is 14.0. The number of guanidine groups is 1. The van der Waals surface area contributed by atoms with Crippen LogP contribution in [0, 0.1) is 5.82 Å². The number of benzene rings is 2. The van der Waals surface area contributed by atoms with Gasteiger partial charge in [0.25, 0.3) is 0 Å². The maximum atomic E-state index is 13.6. The van der Waals surface area contributed by atoms with Crippen molar-refractivity contribution < 1.29 is 9.50 Å². The van der Waals surface area contributed by atoms with Crippen molar-refractivity contribution in [3.8, 4) is 0 Å². The maximum Gasteiger partial charge on any atom is 0.192 e. The van der Waals surface area contributed by atoms with Gasteiger partial charge < -0.3 is 20.6 Å². The number of hydrogen-bond acceptors (Lipinski definition) is 3. The van der Waals surface area contributed by atoms with E-state index in [4.69, 9.17) is 0 Å². The molecule has 0 aliphatic carbocycles. The van der Waals surface area contributed by atoms with E-state index in [1.807, 2.05) is 6.92 Å². The average Bonchev–Trinajstić information content (AvgIpc) is 3.28. The van der Waals surface area contributed by atoms with Gasteiger partial charge in [0.1, 0.15) is 5.82 Å². The molecule has 164 valence electrons. The maximum absolute atomic E-state index is 13.6. The molecule has 1 atom stereocenters. The zero-order valence-electron chi connectivity index (χ0n) is 17.7. The molecule has 30 heavy (non-hydrogen) atoms. The second-order valence-corrected chi connectivity index (χ2v) is 7.43. The smallest absolute Gasteiger partial charge is 0.192 e. The molecule has 2 aromatic rings. The van der Waals surface area contributed by atoms with Crippen LogP contribution in [0.4, 0.5) is 10.1 Å². The van der Waals surface area contributed by atoms with Crippen molar-refractivity contribution in [3.63, 3.8) is 0 Å². The first-order valence-corrected chi connectivity index (χ1v) is 10.4. The summed E-state index contributed by atoms with van der Waals surface area (Å²) in [5.74, 6) is 0.318. The van der Waals surface area contributed by atoms with Crippen molar-refractivity contribution in [2.24, 2.45) is 4.99 Å². The summed E-state index contributed by atoms with van der Waals surface area (Å²) < 4.78 is 13.6. The minimum Gasteiger partial charge on any atom is -0.392 e. The van der Waals surface area contributed by atoms with E-state index in [1.54, 1.807) is 12.1 Å². The Kier molecular flexibility index (Phi) is 9.84. The van der Waals surface area contributed by atoms with Crippen molar-refractivity contribution in [1.29, 1.82) is 0 Å². The molecule has 1 fully saturated rings. The summed E-state index contributed by atoms with van der Waals surface area (Å²) in [6.45, 7) is 7.24. The molecule has 1 saturated heterocycles. The molecule has 0 aromatic heterocycles. The standard InChI is InChI=1S/C23H31FN4O.HI/c1-3-25-23(26-15-18-9-10-22(24)20(13-18)16-29)27-17(2)19-7-6-8-21(14-19)28-11-4-5-12-28;/h6-10,13-14,17,29H,3-5,11-12,15-16H2,1-2H3,(H2,25,26,27);1H. The van der Waals surface area contributed by atoms with Crippen LogP contribution in [0.1, 0.15) is 49.4 Å². The second-order valence-electron chi connectivity index (χ2n) is 7.43. The zero-order chi connectivity index (χ0) is 20.6. The Morgan fingerprint density at radius 1 is 1.20 bits per heavy atom. The van der Waals surface area contributed by atoms with Crippen LogP contribution in [-0.4, -0.2) is 30.7 Å². The van der Waals surface area contributed by atoms with Crippen molar-refractivity contribution in [3.05, 3.63) is 65.0 Å². The van der Waals surface area contributed by atoms with Gasteiger partial charge in [-0.3, -0.25) is 0 Å². The van der Waals surface area contributed by atoms with Crippen LogP contribution in [0.25, 0.3) is 0 Å². The third-order valence-electron chi connectivity index (χ3n) is 5.24. The highest BCUT2D eigenvalue weighted by Crippen LogP contribution is 2.24. The number of anilines is 1. The van der Waals surface area contributed by atoms with Crippen molar-refractivity contribution in [1.82, 2.24) is 10.6 Å². The van der Waals surface area contributed by atoms with Crippen LogP contribution in [0.2, 0.25) is 0 Å². The largest absolute Gasteiger partial charge is 0.392 e. The first-order valence-electron chi connectivity index (χ1n) is 10.4. The minimum atomic E-state index is -0.392. The van der Waals surface area contributed by atoms with Crippen LogP contribution >= 0.6 is 24.0 Å². The first kappa shape index (κ1) is 24.4. The van der Waals surface area contributed by atoms with E-state index in [1.165, 1.54) is 30.2 Å². The lowest BCUT2D eigenvalue weighted by Crippen LogP contribution is -2.38. The molecule has 5 nitrogen and oxygen atoms in total. The van der Waals surface area contributed by atoms with E-state index < -0.39 is 5.82 Å². The summed E-state index contributed by atoms with van der Waals surface area (Å²) in [7, 11) is 0. The number of nitrogens with one attached hydrogen (secondary N) is 2. The highest BCUT2D eigenvalue weighted by Gasteiger charge is 2.14. The molecule has 0 spiro atoms. The van der Waals surface area contributed by atoms with Crippen LogP contribution < -0.4 is 15.5 Å². The Bertz CT molecular complexity index is 840. The van der Waals surface area contributed by atoms with Crippen molar-refractivity contribution in [2.45, 2.75) is 45.9 Å². The quantitative estimate of drug-likeness (QED) is 0.285. The molecular formula is C23H32FIN4O. The number of hydrogen-bond donors (Lipinski definition) is 3. The minimum absolute atomic E-state index is 0. The van der Waals surface area contributed by atoms with Crippen molar-refractivity contribution in [2.75, 3.05) is 24.5 Å². The SMILES string of the molecule is CCNC(=NCc1ccc(F)c(CO)c1)NC(C)c1cccc(N2CCCC2)c1.I. The summed E-state index contributed by atoms with van der Waals surface area (Å²) in [6.07, 6.45) is 2.52. The molecule has 0 saturated carbocycles. The van der Waals surface area contributed by atoms with Gasteiger partial charge in [-0.2, -0.15) is 0 Å². The van der Waals surface area contributed by atoms with Gasteiger partial charge in [0.2, 0.25) is 0 Å². The number of aliphatic hydroxyl groups excluding tert-OH is 1. The Hall–Kier alpha value is -1.87. The van der Waals surface area contributed by atoms with E-state index >= 15 is 0 Å². The van der Waals surface area contributed by atoms with Gasteiger partial charge in [-0.15, -0.1) is 24.0 Å². The molecule has 0 amide bonds. The molecule has 3 N–H and O–H groups in total. The molecule has 1 aliphatic rings. The van der Waals surface area contributed by atoms with Gasteiger partial charge >= 0.3 is 0 Å². The third-order valence-corrected chi connectivity index (χ3v) is 5.24. The molecule has 7 heteroatoms. The molecule has 0 radical (unpaired) electrons. The van der Waals surface area contributed by atoms with E-state index in [-0.39, 0.29) is 36.6 Å². The van der Waals surface area contributed by atoms with Crippen LogP contribution in [-0.2, 0) is 13.2 Å². The van der Waals surface area contributed by atoms with Crippen LogP contribution in [0.3, 0.4) is 0 Å². The number of aliphatic imine (C=N–C) groups is 1. The Morgan fingerprint density at radius 2 is 1.97 bits per heavy atom. The van der Waals surface area contributed by atoms with Crippen molar-refractivity contribution >= 4 is 35.6 Å². The zero-order valence-corrected chi connectivity index (χ0v) is 20.0. The monoisotopic (exact) mass is 526 g/mol. The summed E-state index contributed by atoms with van der Waals surface area (Å²) in [6, 6.07) is 13.5. The molecule has 1 aliphatic heterocycles. The number of halogens is 2. The summed E-state index contributed by atoms with van der Waals surface area (Å²) >= 11 is 0. The number of nitrogens with zero attached hydrogens (tertiary/aromatic N) is 2. The molecule has 1 heterocycles. The fourth-order valence-corrected chi connectivity index (χ4v) is 3.59. The van der Waals surface area contributed by atoms with E-state index in [0.29, 0.717) is 18.1 Å². The summed E-state index contributed by atoms with van der Waals surface area (Å²) in [4.78, 5) is 7.07. The van der Waals surface area contributed by atoms with Gasteiger partial charge in [-0.1, -0.05) is 18.2 Å². The van der Waals surface area contributed by atoms with E-state index in [2.05, 4.69) is 51.7 Å². The van der Waals surface area contributed by atoms with Gasteiger partial charge in [0, 0.05) is 30.9 Å². The third kappa shape index (κ3) is 6.57. The van der Waals surface area contributed by atoms with E-state index in [0.717, 1.165) is 25.2 Å². The predicted octanol–water partition coefficient (Wildman–Crippen LogP) is 4.35. The fourth-order valence-electron chi connectivity index (χ4n) is 3.59. The molecular weight excluding hydrogens is 494 g/mol. The summed E-state index contributed by atoms with van der Waals surface area (Å²) in [5, 5.41) is 16.0. The van der Waals surface area contributed by atoms with Gasteiger partial charge in [0.15, 0.2) is 5.96 Å². The molecule has 2 aromatic carbocycles. The number of rotatable bonds is 7. The fraction of sp³-hybridized carbons (Fsp3) is 0.435. The van der Waals surface area contributed by atoms with Crippen LogP contribution in [0.15, 0.2) is 47.5 Å². The number of aliphatic hydroxyl groups is 1. The Morgan fingerprint density at radius 3 is 2.67 bits per heavy atom. The molecule has 3 rings (SSSR count). The lowest BCUT2D eigenvalue weighted by atomic mass is 10.1.